The number of aliphatic hydroxyl groups excluding tert-OH is 1. The number of benzene rings is 2. The predicted molar refractivity (Wildman–Crippen MR) is 144 cm³/mol. The summed E-state index contributed by atoms with van der Waals surface area (Å²) in [5, 5.41) is 24.1. The van der Waals surface area contributed by atoms with E-state index >= 15 is 0 Å². The van der Waals surface area contributed by atoms with Crippen molar-refractivity contribution >= 4 is 29.5 Å². The van der Waals surface area contributed by atoms with Gasteiger partial charge in [-0.05, 0) is 44.9 Å². The molecule has 0 radical (unpaired) electrons. The number of amides is 3. The Kier molecular flexibility index (Phi) is 8.89. The van der Waals surface area contributed by atoms with Crippen molar-refractivity contribution in [2.45, 2.75) is 50.1 Å². The minimum atomic E-state index is -1.62. The molecule has 1 aliphatic rings. The first-order valence-electron chi connectivity index (χ1n) is 11.9. The maximum Gasteiger partial charge on any atom is 0.254 e. The molecule has 0 bridgehead atoms. The van der Waals surface area contributed by atoms with Crippen LogP contribution < -0.4 is 5.32 Å². The molecule has 1 saturated heterocycles. The van der Waals surface area contributed by atoms with Crippen molar-refractivity contribution in [3.8, 4) is 18.1 Å². The highest BCUT2D eigenvalue weighted by atomic mass is 32.2. The summed E-state index contributed by atoms with van der Waals surface area (Å²) < 4.78 is -0.605. The van der Waals surface area contributed by atoms with Gasteiger partial charge in [0.15, 0.2) is 6.10 Å². The second-order valence-electron chi connectivity index (χ2n) is 9.65. The first kappa shape index (κ1) is 28.1. The number of likely N-dealkylation sites (N-methyl/N-ethyl adjacent to an activating group) is 1. The van der Waals surface area contributed by atoms with Gasteiger partial charge in [0, 0.05) is 22.9 Å². The van der Waals surface area contributed by atoms with Crippen LogP contribution in [-0.2, 0) is 16.0 Å². The fourth-order valence-corrected chi connectivity index (χ4v) is 5.51. The van der Waals surface area contributed by atoms with Crippen LogP contribution in [0.25, 0.3) is 0 Å². The number of hydrogen-bond donors (Lipinski definition) is 3. The van der Waals surface area contributed by atoms with E-state index in [1.54, 1.807) is 26.1 Å². The van der Waals surface area contributed by atoms with Crippen molar-refractivity contribution < 1.29 is 24.6 Å². The summed E-state index contributed by atoms with van der Waals surface area (Å²) in [5.74, 6) is 1.12. The molecule has 1 fully saturated rings. The molecule has 3 atom stereocenters. The lowest BCUT2D eigenvalue weighted by Gasteiger charge is -2.35. The molecule has 0 aromatic heterocycles. The number of nitrogens with one attached hydrogen (secondary N) is 1. The predicted octanol–water partition coefficient (Wildman–Crippen LogP) is 2.17. The van der Waals surface area contributed by atoms with Crippen LogP contribution in [-0.4, -0.2) is 80.1 Å². The van der Waals surface area contributed by atoms with E-state index in [0.717, 1.165) is 5.56 Å². The molecule has 37 heavy (non-hydrogen) atoms. The van der Waals surface area contributed by atoms with Gasteiger partial charge < -0.3 is 25.3 Å². The molecule has 8 nitrogen and oxygen atoms in total. The molecule has 1 unspecified atom stereocenters. The Balaban J connectivity index is 1.90. The number of hydrogen-bond acceptors (Lipinski definition) is 6. The number of phenolic OH excluding ortho intramolecular Hbond substituents is 1. The third-order valence-corrected chi connectivity index (χ3v) is 7.94. The molecule has 3 amide bonds. The standard InChI is InChI=1S/C28H33N3O5S/c1-6-15-30(5)27(36)24-28(3,4)37-17-31(24)26(35)23(33)21(16-19-11-8-7-9-12-19)29-25(34)20-13-10-14-22(32)18(20)2/h1,7-14,21,23-24,32-33H,15-17H2,2-5H3,(H,29,34)/t21?,23-,24+/m0/s1. The smallest absolute Gasteiger partial charge is 0.254 e. The maximum absolute atomic E-state index is 13.7. The fraction of sp³-hybridized carbons (Fsp3) is 0.393. The highest BCUT2D eigenvalue weighted by molar-refractivity contribution is 8.00. The Hall–Kier alpha value is -3.48. The Morgan fingerprint density at radius 3 is 2.54 bits per heavy atom. The van der Waals surface area contributed by atoms with Crippen LogP contribution >= 0.6 is 11.8 Å². The normalized spacial score (nSPS) is 17.9. The van der Waals surface area contributed by atoms with E-state index in [1.165, 1.54) is 27.6 Å². The largest absolute Gasteiger partial charge is 0.508 e. The average molecular weight is 524 g/mol. The summed E-state index contributed by atoms with van der Waals surface area (Å²) in [6.07, 6.45) is 3.94. The number of nitrogens with zero attached hydrogens (tertiary/aromatic N) is 2. The van der Waals surface area contributed by atoms with E-state index in [4.69, 9.17) is 6.42 Å². The number of carbonyl (C=O) groups excluding carboxylic acids is 3. The maximum atomic E-state index is 13.7. The highest BCUT2D eigenvalue weighted by Gasteiger charge is 2.50. The molecule has 0 saturated carbocycles. The van der Waals surface area contributed by atoms with Gasteiger partial charge in [0.05, 0.1) is 18.5 Å². The van der Waals surface area contributed by atoms with Gasteiger partial charge in [0.25, 0.3) is 11.8 Å². The van der Waals surface area contributed by atoms with Gasteiger partial charge in [0.2, 0.25) is 5.91 Å². The lowest BCUT2D eigenvalue weighted by atomic mass is 9.96. The highest BCUT2D eigenvalue weighted by Crippen LogP contribution is 2.40. The lowest BCUT2D eigenvalue weighted by molar-refractivity contribution is -0.150. The molecular formula is C28H33N3O5S. The van der Waals surface area contributed by atoms with Crippen molar-refractivity contribution in [3.63, 3.8) is 0 Å². The van der Waals surface area contributed by atoms with Crippen LogP contribution in [0.1, 0.15) is 35.3 Å². The Bertz CT molecular complexity index is 1190. The van der Waals surface area contributed by atoms with Crippen molar-refractivity contribution in [2.24, 2.45) is 0 Å². The lowest BCUT2D eigenvalue weighted by Crippen LogP contribution is -2.59. The zero-order chi connectivity index (χ0) is 27.3. The van der Waals surface area contributed by atoms with E-state index in [0.29, 0.717) is 5.56 Å². The van der Waals surface area contributed by atoms with Crippen LogP contribution in [0.15, 0.2) is 48.5 Å². The second kappa shape index (κ2) is 11.7. The van der Waals surface area contributed by atoms with Gasteiger partial charge in [-0.2, -0.15) is 0 Å². The summed E-state index contributed by atoms with van der Waals surface area (Å²) in [7, 11) is 1.58. The van der Waals surface area contributed by atoms with E-state index in [2.05, 4.69) is 11.2 Å². The molecule has 1 heterocycles. The van der Waals surface area contributed by atoms with Crippen LogP contribution in [0, 0.1) is 19.3 Å². The zero-order valence-corrected chi connectivity index (χ0v) is 22.3. The Morgan fingerprint density at radius 1 is 1.22 bits per heavy atom. The van der Waals surface area contributed by atoms with Gasteiger partial charge in [-0.1, -0.05) is 42.3 Å². The van der Waals surface area contributed by atoms with E-state index < -0.39 is 34.7 Å². The first-order valence-corrected chi connectivity index (χ1v) is 12.9. The van der Waals surface area contributed by atoms with Gasteiger partial charge in [-0.15, -0.1) is 18.2 Å². The SMILES string of the molecule is C#CCN(C)C(=O)[C@H]1N(C(=O)[C@@H](O)C(Cc2ccccc2)NC(=O)c2cccc(O)c2C)CSC1(C)C. The third-order valence-electron chi connectivity index (χ3n) is 6.57. The third kappa shape index (κ3) is 6.27. The van der Waals surface area contributed by atoms with Gasteiger partial charge in [0.1, 0.15) is 11.8 Å². The summed E-state index contributed by atoms with van der Waals surface area (Å²) in [4.78, 5) is 42.8. The summed E-state index contributed by atoms with van der Waals surface area (Å²) >= 11 is 1.44. The molecule has 0 aliphatic carbocycles. The van der Waals surface area contributed by atoms with Crippen LogP contribution in [0.2, 0.25) is 0 Å². The molecule has 2 aromatic rings. The molecular weight excluding hydrogens is 490 g/mol. The molecule has 0 spiro atoms. The number of rotatable bonds is 8. The van der Waals surface area contributed by atoms with E-state index in [9.17, 15) is 24.6 Å². The van der Waals surface area contributed by atoms with Crippen molar-refractivity contribution in [2.75, 3.05) is 19.5 Å². The summed E-state index contributed by atoms with van der Waals surface area (Å²) in [5.41, 5.74) is 1.43. The van der Waals surface area contributed by atoms with Gasteiger partial charge in [-0.25, -0.2) is 0 Å². The first-order chi connectivity index (χ1) is 17.5. The van der Waals surface area contributed by atoms with Crippen molar-refractivity contribution in [1.29, 1.82) is 0 Å². The minimum Gasteiger partial charge on any atom is -0.508 e. The molecule has 3 rings (SSSR count). The van der Waals surface area contributed by atoms with Crippen LogP contribution in [0.4, 0.5) is 0 Å². The minimum absolute atomic E-state index is 0.0300. The van der Waals surface area contributed by atoms with Crippen molar-refractivity contribution in [3.05, 3.63) is 65.2 Å². The molecule has 3 N–H and O–H groups in total. The number of aromatic hydroxyl groups is 1. The molecule has 196 valence electrons. The fourth-order valence-electron chi connectivity index (χ4n) is 4.38. The van der Waals surface area contributed by atoms with Crippen LogP contribution in [0.5, 0.6) is 5.75 Å². The number of carbonyl (C=O) groups is 3. The van der Waals surface area contributed by atoms with E-state index in [-0.39, 0.29) is 36.1 Å². The van der Waals surface area contributed by atoms with Crippen molar-refractivity contribution in [1.82, 2.24) is 15.1 Å². The van der Waals surface area contributed by atoms with Crippen LogP contribution in [0.3, 0.4) is 0 Å². The topological polar surface area (TPSA) is 110 Å². The quantitative estimate of drug-likeness (QED) is 0.458. The second-order valence-corrected chi connectivity index (χ2v) is 11.2. The molecule has 2 aromatic carbocycles. The average Bonchev–Trinajstić information content (AvgIpc) is 3.19. The monoisotopic (exact) mass is 523 g/mol. The molecule has 1 aliphatic heterocycles. The summed E-state index contributed by atoms with van der Waals surface area (Å²) in [6, 6.07) is 12.0. The van der Waals surface area contributed by atoms with Gasteiger partial charge >= 0.3 is 0 Å². The van der Waals surface area contributed by atoms with Gasteiger partial charge in [-0.3, -0.25) is 14.4 Å². The Morgan fingerprint density at radius 2 is 1.89 bits per heavy atom. The number of aliphatic hydroxyl groups is 1. The number of phenols is 1. The summed E-state index contributed by atoms with van der Waals surface area (Å²) in [6.45, 7) is 5.45. The zero-order valence-electron chi connectivity index (χ0n) is 21.5. The van der Waals surface area contributed by atoms with E-state index in [1.807, 2.05) is 44.2 Å². The number of thioether (sulfide) groups is 1. The molecule has 9 heteroatoms. The Labute approximate surface area is 222 Å². The number of terminal acetylenes is 1.